The zero-order valence-electron chi connectivity index (χ0n) is 11.6. The van der Waals surface area contributed by atoms with Gasteiger partial charge < -0.3 is 4.74 Å². The second-order valence-electron chi connectivity index (χ2n) is 5.43. The SMILES string of the molecule is CC(Br)Cc1ccc(Cl)c(NC(=O)OC(C)(C)C)c1. The Bertz CT molecular complexity index is 455. The molecule has 1 atom stereocenters. The zero-order valence-corrected chi connectivity index (χ0v) is 13.9. The molecule has 1 amide bonds. The highest BCUT2D eigenvalue weighted by Gasteiger charge is 2.17. The lowest BCUT2D eigenvalue weighted by Gasteiger charge is -2.20. The van der Waals surface area contributed by atoms with Crippen molar-refractivity contribution < 1.29 is 9.53 Å². The Kier molecular flexibility index (Phi) is 5.68. The van der Waals surface area contributed by atoms with Crippen LogP contribution < -0.4 is 5.32 Å². The highest BCUT2D eigenvalue weighted by atomic mass is 79.9. The molecule has 1 rings (SSSR count). The Morgan fingerprint density at radius 2 is 2.11 bits per heavy atom. The average molecular weight is 349 g/mol. The molecule has 106 valence electrons. The Hall–Kier alpha value is -0.740. The topological polar surface area (TPSA) is 38.3 Å². The predicted octanol–water partition coefficient (Wildman–Crippen LogP) is 5.01. The third kappa shape index (κ3) is 6.30. The van der Waals surface area contributed by atoms with E-state index in [0.717, 1.165) is 12.0 Å². The number of amides is 1. The Morgan fingerprint density at radius 1 is 1.47 bits per heavy atom. The molecule has 1 aromatic rings. The van der Waals surface area contributed by atoms with Gasteiger partial charge in [0.05, 0.1) is 10.7 Å². The van der Waals surface area contributed by atoms with Crippen molar-refractivity contribution in [3.63, 3.8) is 0 Å². The quantitative estimate of drug-likeness (QED) is 0.779. The lowest BCUT2D eigenvalue weighted by molar-refractivity contribution is 0.0636. The van der Waals surface area contributed by atoms with Crippen LogP contribution in [0, 0.1) is 0 Å². The van der Waals surface area contributed by atoms with Gasteiger partial charge in [-0.25, -0.2) is 4.79 Å². The first-order valence-corrected chi connectivity index (χ1v) is 7.39. The summed E-state index contributed by atoms with van der Waals surface area (Å²) in [4.78, 5) is 12.1. The van der Waals surface area contributed by atoms with E-state index >= 15 is 0 Å². The van der Waals surface area contributed by atoms with Crippen LogP contribution in [0.15, 0.2) is 18.2 Å². The molecule has 0 aliphatic carbocycles. The summed E-state index contributed by atoms with van der Waals surface area (Å²) in [7, 11) is 0. The molecule has 0 saturated carbocycles. The largest absolute Gasteiger partial charge is 0.444 e. The second kappa shape index (κ2) is 6.62. The molecule has 1 N–H and O–H groups in total. The molecule has 1 aromatic carbocycles. The number of hydrogen-bond acceptors (Lipinski definition) is 2. The van der Waals surface area contributed by atoms with Gasteiger partial charge >= 0.3 is 6.09 Å². The van der Waals surface area contributed by atoms with E-state index in [0.29, 0.717) is 15.5 Å². The molecule has 0 aromatic heterocycles. The van der Waals surface area contributed by atoms with Gasteiger partial charge in [0.15, 0.2) is 0 Å². The summed E-state index contributed by atoms with van der Waals surface area (Å²) in [5.41, 5.74) is 1.14. The maximum Gasteiger partial charge on any atom is 0.412 e. The number of carbonyl (C=O) groups excluding carboxylic acids is 1. The van der Waals surface area contributed by atoms with E-state index in [1.54, 1.807) is 6.07 Å². The molecule has 19 heavy (non-hydrogen) atoms. The number of rotatable bonds is 3. The van der Waals surface area contributed by atoms with Crippen LogP contribution in [-0.4, -0.2) is 16.5 Å². The first kappa shape index (κ1) is 16.3. The fourth-order valence-corrected chi connectivity index (χ4v) is 2.07. The fraction of sp³-hybridized carbons (Fsp3) is 0.500. The van der Waals surface area contributed by atoms with Crippen LogP contribution in [0.2, 0.25) is 5.02 Å². The number of carbonyl (C=O) groups is 1. The van der Waals surface area contributed by atoms with E-state index in [4.69, 9.17) is 16.3 Å². The molecule has 0 aliphatic heterocycles. The van der Waals surface area contributed by atoms with Gasteiger partial charge in [0, 0.05) is 4.83 Å². The van der Waals surface area contributed by atoms with Gasteiger partial charge in [-0.2, -0.15) is 0 Å². The van der Waals surface area contributed by atoms with E-state index in [1.165, 1.54) is 0 Å². The number of ether oxygens (including phenoxy) is 1. The van der Waals surface area contributed by atoms with E-state index in [-0.39, 0.29) is 0 Å². The van der Waals surface area contributed by atoms with Crippen LogP contribution in [0.4, 0.5) is 10.5 Å². The molecular weight excluding hydrogens is 330 g/mol. The van der Waals surface area contributed by atoms with Crippen molar-refractivity contribution >= 4 is 39.3 Å². The number of alkyl halides is 1. The lowest BCUT2D eigenvalue weighted by Crippen LogP contribution is -2.27. The minimum atomic E-state index is -0.529. The minimum Gasteiger partial charge on any atom is -0.444 e. The standard InChI is InChI=1S/C14H19BrClNO2/c1-9(15)7-10-5-6-11(16)12(8-10)17-13(18)19-14(2,3)4/h5-6,8-9H,7H2,1-4H3,(H,17,18). The Morgan fingerprint density at radius 3 is 2.63 bits per heavy atom. The molecule has 0 saturated heterocycles. The van der Waals surface area contributed by atoms with Crippen LogP contribution in [0.25, 0.3) is 0 Å². The number of benzene rings is 1. The van der Waals surface area contributed by atoms with Crippen molar-refractivity contribution in [3.8, 4) is 0 Å². The van der Waals surface area contributed by atoms with Gasteiger partial charge in [-0.05, 0) is 44.9 Å². The highest BCUT2D eigenvalue weighted by Crippen LogP contribution is 2.25. The Balaban J connectivity index is 2.79. The summed E-state index contributed by atoms with van der Waals surface area (Å²) in [5.74, 6) is 0. The fourth-order valence-electron chi connectivity index (χ4n) is 1.53. The van der Waals surface area contributed by atoms with Gasteiger partial charge in [-0.3, -0.25) is 5.32 Å². The molecule has 0 bridgehead atoms. The first-order chi connectivity index (χ1) is 8.67. The molecular formula is C14H19BrClNO2. The van der Waals surface area contributed by atoms with Gasteiger partial charge in [-0.15, -0.1) is 0 Å². The lowest BCUT2D eigenvalue weighted by atomic mass is 10.1. The number of hydrogen-bond donors (Lipinski definition) is 1. The third-order valence-electron chi connectivity index (χ3n) is 2.18. The normalized spacial score (nSPS) is 12.9. The smallest absolute Gasteiger partial charge is 0.412 e. The third-order valence-corrected chi connectivity index (χ3v) is 2.84. The van der Waals surface area contributed by atoms with Crippen molar-refractivity contribution in [1.82, 2.24) is 0 Å². The summed E-state index contributed by atoms with van der Waals surface area (Å²) in [6, 6.07) is 5.59. The van der Waals surface area contributed by atoms with Crippen LogP contribution in [0.5, 0.6) is 0 Å². The number of halogens is 2. The molecule has 5 heteroatoms. The van der Waals surface area contributed by atoms with E-state index < -0.39 is 11.7 Å². The second-order valence-corrected chi connectivity index (χ2v) is 7.40. The van der Waals surface area contributed by atoms with Gasteiger partial charge in [-0.1, -0.05) is 40.5 Å². The minimum absolute atomic E-state index is 0.364. The van der Waals surface area contributed by atoms with E-state index in [1.807, 2.05) is 32.9 Å². The van der Waals surface area contributed by atoms with Gasteiger partial charge in [0.2, 0.25) is 0 Å². The average Bonchev–Trinajstić information content (AvgIpc) is 2.19. The number of anilines is 1. The van der Waals surface area contributed by atoms with Crippen molar-refractivity contribution in [3.05, 3.63) is 28.8 Å². The summed E-state index contributed by atoms with van der Waals surface area (Å²) >= 11 is 9.57. The van der Waals surface area contributed by atoms with Crippen LogP contribution in [-0.2, 0) is 11.2 Å². The molecule has 1 unspecified atom stereocenters. The maximum absolute atomic E-state index is 11.7. The Labute approximate surface area is 127 Å². The molecule has 0 spiro atoms. The van der Waals surface area contributed by atoms with Gasteiger partial charge in [0.1, 0.15) is 5.60 Å². The zero-order chi connectivity index (χ0) is 14.6. The molecule has 0 heterocycles. The molecule has 3 nitrogen and oxygen atoms in total. The van der Waals surface area contributed by atoms with Crippen LogP contribution in [0.3, 0.4) is 0 Å². The van der Waals surface area contributed by atoms with E-state index in [9.17, 15) is 4.79 Å². The summed E-state index contributed by atoms with van der Waals surface area (Å²) in [6.45, 7) is 7.51. The van der Waals surface area contributed by atoms with Crippen molar-refractivity contribution in [2.75, 3.05) is 5.32 Å². The summed E-state index contributed by atoms with van der Waals surface area (Å²) < 4.78 is 5.20. The summed E-state index contributed by atoms with van der Waals surface area (Å²) in [6.07, 6.45) is 0.360. The van der Waals surface area contributed by atoms with Crippen molar-refractivity contribution in [2.45, 2.75) is 44.5 Å². The molecule has 0 aliphatic rings. The van der Waals surface area contributed by atoms with Gasteiger partial charge in [0.25, 0.3) is 0 Å². The molecule has 0 radical (unpaired) electrons. The first-order valence-electron chi connectivity index (χ1n) is 6.10. The predicted molar refractivity (Wildman–Crippen MR) is 83.4 cm³/mol. The monoisotopic (exact) mass is 347 g/mol. The number of nitrogens with one attached hydrogen (secondary N) is 1. The van der Waals surface area contributed by atoms with Crippen molar-refractivity contribution in [2.24, 2.45) is 0 Å². The molecule has 0 fully saturated rings. The van der Waals surface area contributed by atoms with E-state index in [2.05, 4.69) is 28.2 Å². The maximum atomic E-state index is 11.7. The van der Waals surface area contributed by atoms with Crippen LogP contribution >= 0.6 is 27.5 Å². The van der Waals surface area contributed by atoms with Crippen LogP contribution in [0.1, 0.15) is 33.3 Å². The van der Waals surface area contributed by atoms with Crippen molar-refractivity contribution in [1.29, 1.82) is 0 Å². The summed E-state index contributed by atoms with van der Waals surface area (Å²) in [5, 5.41) is 3.17. The highest BCUT2D eigenvalue weighted by molar-refractivity contribution is 9.09.